The van der Waals surface area contributed by atoms with E-state index in [0.29, 0.717) is 13.0 Å². The largest absolute Gasteiger partial charge is 0.449 e. The van der Waals surface area contributed by atoms with E-state index >= 15 is 0 Å². The normalized spacial score (nSPS) is 14.1. The molecule has 0 saturated heterocycles. The molecule has 2 aromatic carbocycles. The van der Waals surface area contributed by atoms with Gasteiger partial charge in [0.1, 0.15) is 6.61 Å². The highest BCUT2D eigenvalue weighted by Crippen LogP contribution is 2.44. The smallest absolute Gasteiger partial charge is 0.407 e. The maximum atomic E-state index is 12.2. The number of aliphatic hydroxyl groups is 1. The summed E-state index contributed by atoms with van der Waals surface area (Å²) in [6.45, 7) is 4.39. The van der Waals surface area contributed by atoms with Crippen molar-refractivity contribution in [1.82, 2.24) is 5.32 Å². The monoisotopic (exact) mass is 339 g/mol. The van der Waals surface area contributed by atoms with E-state index in [2.05, 4.69) is 29.6 Å². The molecule has 0 bridgehead atoms. The maximum Gasteiger partial charge on any atom is 0.407 e. The van der Waals surface area contributed by atoms with Crippen LogP contribution in [0.4, 0.5) is 4.79 Å². The topological polar surface area (TPSA) is 58.6 Å². The van der Waals surface area contributed by atoms with Crippen LogP contribution in [0, 0.1) is 5.92 Å². The minimum absolute atomic E-state index is 0.0481. The summed E-state index contributed by atoms with van der Waals surface area (Å²) in [7, 11) is 0. The number of nitrogens with one attached hydrogen (secondary N) is 1. The first kappa shape index (κ1) is 17.5. The summed E-state index contributed by atoms with van der Waals surface area (Å²) in [6.07, 6.45) is 0.107. The summed E-state index contributed by atoms with van der Waals surface area (Å²) in [5.74, 6) is 0.307. The molecule has 0 fully saturated rings. The lowest BCUT2D eigenvalue weighted by Gasteiger charge is -2.22. The zero-order valence-corrected chi connectivity index (χ0v) is 14.7. The molecule has 132 valence electrons. The average molecular weight is 339 g/mol. The predicted molar refractivity (Wildman–Crippen MR) is 98.5 cm³/mol. The Morgan fingerprint density at radius 1 is 1.08 bits per heavy atom. The number of ether oxygens (including phenoxy) is 1. The summed E-state index contributed by atoms with van der Waals surface area (Å²) < 4.78 is 5.53. The third kappa shape index (κ3) is 3.69. The van der Waals surface area contributed by atoms with Crippen LogP contribution in [0.15, 0.2) is 48.5 Å². The molecule has 2 N–H and O–H groups in total. The van der Waals surface area contributed by atoms with Gasteiger partial charge in [0, 0.05) is 18.6 Å². The number of fused-ring (bicyclic) bond motifs is 3. The Labute approximate surface area is 148 Å². The molecular formula is C21H25NO3. The molecule has 3 rings (SSSR count). The van der Waals surface area contributed by atoms with E-state index in [1.165, 1.54) is 22.3 Å². The van der Waals surface area contributed by atoms with Gasteiger partial charge >= 0.3 is 6.09 Å². The minimum Gasteiger partial charge on any atom is -0.449 e. The van der Waals surface area contributed by atoms with Crippen LogP contribution >= 0.6 is 0 Å². The summed E-state index contributed by atoms with van der Waals surface area (Å²) in [5, 5.41) is 12.0. The Morgan fingerprint density at radius 2 is 1.64 bits per heavy atom. The SMILES string of the molecule is CC(C)[C@H](CCO)NC(=O)OCC1c2ccccc2-c2ccccc21. The number of aliphatic hydroxyl groups excluding tert-OH is 1. The van der Waals surface area contributed by atoms with Gasteiger partial charge in [-0.25, -0.2) is 4.79 Å². The van der Waals surface area contributed by atoms with Crippen LogP contribution in [-0.4, -0.2) is 30.5 Å². The number of alkyl carbamates (subject to hydrolysis) is 1. The number of amides is 1. The zero-order valence-electron chi connectivity index (χ0n) is 14.7. The third-order valence-electron chi connectivity index (χ3n) is 4.89. The first-order valence-corrected chi connectivity index (χ1v) is 8.84. The summed E-state index contributed by atoms with van der Waals surface area (Å²) in [4.78, 5) is 12.2. The molecule has 1 aliphatic rings. The lowest BCUT2D eigenvalue weighted by atomic mass is 9.98. The van der Waals surface area contributed by atoms with Crippen LogP contribution in [0.3, 0.4) is 0 Å². The third-order valence-corrected chi connectivity index (χ3v) is 4.89. The van der Waals surface area contributed by atoms with Gasteiger partial charge in [0.15, 0.2) is 0 Å². The van der Waals surface area contributed by atoms with Crippen LogP contribution in [0.1, 0.15) is 37.3 Å². The molecule has 0 aliphatic heterocycles. The van der Waals surface area contributed by atoms with Crippen molar-refractivity contribution >= 4 is 6.09 Å². The zero-order chi connectivity index (χ0) is 17.8. The fourth-order valence-electron chi connectivity index (χ4n) is 3.50. The molecule has 25 heavy (non-hydrogen) atoms. The Hall–Kier alpha value is -2.33. The number of hydrogen-bond acceptors (Lipinski definition) is 3. The van der Waals surface area contributed by atoms with Gasteiger partial charge in [-0.15, -0.1) is 0 Å². The quantitative estimate of drug-likeness (QED) is 0.838. The lowest BCUT2D eigenvalue weighted by molar-refractivity contribution is 0.132. The fourth-order valence-corrected chi connectivity index (χ4v) is 3.50. The number of carbonyl (C=O) groups excluding carboxylic acids is 1. The molecule has 0 unspecified atom stereocenters. The number of rotatable bonds is 6. The van der Waals surface area contributed by atoms with Gasteiger partial charge < -0.3 is 15.2 Å². The van der Waals surface area contributed by atoms with Gasteiger partial charge in [0.05, 0.1) is 0 Å². The van der Waals surface area contributed by atoms with Crippen LogP contribution in [-0.2, 0) is 4.74 Å². The second-order valence-electron chi connectivity index (χ2n) is 6.83. The number of benzene rings is 2. The molecule has 0 heterocycles. The Bertz CT molecular complexity index is 696. The van der Waals surface area contributed by atoms with Crippen molar-refractivity contribution in [3.63, 3.8) is 0 Å². The van der Waals surface area contributed by atoms with Crippen molar-refractivity contribution in [3.05, 3.63) is 59.7 Å². The van der Waals surface area contributed by atoms with Gasteiger partial charge in [-0.3, -0.25) is 0 Å². The highest BCUT2D eigenvalue weighted by atomic mass is 16.5. The Kier molecular flexibility index (Phi) is 5.39. The van der Waals surface area contributed by atoms with Crippen LogP contribution < -0.4 is 5.32 Å². The van der Waals surface area contributed by atoms with Gasteiger partial charge in [-0.2, -0.15) is 0 Å². The van der Waals surface area contributed by atoms with E-state index < -0.39 is 6.09 Å². The summed E-state index contributed by atoms with van der Waals surface area (Å²) >= 11 is 0. The number of hydrogen-bond donors (Lipinski definition) is 2. The minimum atomic E-state index is -0.422. The molecule has 1 aliphatic carbocycles. The fraction of sp³-hybridized carbons (Fsp3) is 0.381. The molecule has 4 nitrogen and oxygen atoms in total. The molecule has 0 aromatic heterocycles. The molecule has 0 saturated carbocycles. The summed E-state index contributed by atoms with van der Waals surface area (Å²) in [5.41, 5.74) is 4.83. The van der Waals surface area contributed by atoms with E-state index in [4.69, 9.17) is 9.84 Å². The average Bonchev–Trinajstić information content (AvgIpc) is 2.93. The molecular weight excluding hydrogens is 314 g/mol. The first-order chi connectivity index (χ1) is 12.1. The highest BCUT2D eigenvalue weighted by molar-refractivity contribution is 5.79. The Balaban J connectivity index is 1.70. The van der Waals surface area contributed by atoms with E-state index in [-0.39, 0.29) is 24.5 Å². The van der Waals surface area contributed by atoms with Crippen LogP contribution in [0.2, 0.25) is 0 Å². The predicted octanol–water partition coefficient (Wildman–Crippen LogP) is 3.93. The Morgan fingerprint density at radius 3 is 2.16 bits per heavy atom. The summed E-state index contributed by atoms with van der Waals surface area (Å²) in [6, 6.07) is 16.5. The van der Waals surface area contributed by atoms with Crippen molar-refractivity contribution in [2.45, 2.75) is 32.2 Å². The van der Waals surface area contributed by atoms with Crippen molar-refractivity contribution in [3.8, 4) is 11.1 Å². The van der Waals surface area contributed by atoms with Crippen molar-refractivity contribution < 1.29 is 14.6 Å². The second kappa shape index (κ2) is 7.70. The molecule has 2 aromatic rings. The highest BCUT2D eigenvalue weighted by Gasteiger charge is 2.29. The van der Waals surface area contributed by atoms with Crippen LogP contribution in [0.25, 0.3) is 11.1 Å². The van der Waals surface area contributed by atoms with Gasteiger partial charge in [0.25, 0.3) is 0 Å². The van der Waals surface area contributed by atoms with E-state index in [1.54, 1.807) is 0 Å². The maximum absolute atomic E-state index is 12.2. The standard InChI is InChI=1S/C21H25NO3/c1-14(2)20(11-12-23)22-21(24)25-13-19-17-9-5-3-7-15(17)16-8-4-6-10-18(16)19/h3-10,14,19-20,23H,11-13H2,1-2H3,(H,22,24)/t20-/m0/s1. The van der Waals surface area contributed by atoms with Crippen molar-refractivity contribution in [1.29, 1.82) is 0 Å². The van der Waals surface area contributed by atoms with Gasteiger partial charge in [0.2, 0.25) is 0 Å². The van der Waals surface area contributed by atoms with Crippen molar-refractivity contribution in [2.24, 2.45) is 5.92 Å². The first-order valence-electron chi connectivity index (χ1n) is 8.84. The van der Waals surface area contributed by atoms with E-state index in [0.717, 1.165) is 0 Å². The van der Waals surface area contributed by atoms with Gasteiger partial charge in [-0.05, 0) is 34.6 Å². The lowest BCUT2D eigenvalue weighted by Crippen LogP contribution is -2.39. The molecule has 0 radical (unpaired) electrons. The second-order valence-corrected chi connectivity index (χ2v) is 6.83. The van der Waals surface area contributed by atoms with E-state index in [9.17, 15) is 4.79 Å². The molecule has 1 atom stereocenters. The molecule has 4 heteroatoms. The van der Waals surface area contributed by atoms with Gasteiger partial charge in [-0.1, -0.05) is 62.4 Å². The van der Waals surface area contributed by atoms with E-state index in [1.807, 2.05) is 38.1 Å². The molecule has 0 spiro atoms. The van der Waals surface area contributed by atoms with Crippen molar-refractivity contribution in [2.75, 3.05) is 13.2 Å². The number of carbonyl (C=O) groups is 1. The molecule has 1 amide bonds. The van der Waals surface area contributed by atoms with Crippen LogP contribution in [0.5, 0.6) is 0 Å².